The van der Waals surface area contributed by atoms with E-state index < -0.39 is 0 Å². The van der Waals surface area contributed by atoms with Crippen LogP contribution in [0.3, 0.4) is 0 Å². The standard InChI is InChI=1S/C28H36N4S.C3H8/c1-8-18(5)26-22(11-10-12-29-26)23-14-24(30-15-21-13-19(6)33-16-21)28-27(31-23)20(7)25(9-2)32(28)17(3)4;1-3-2/h10-14,16-18H,8-9,15H2,1-7H3,(H,30,31);3H2,1-2H3. The van der Waals surface area contributed by atoms with Gasteiger partial charge < -0.3 is 9.88 Å². The number of nitrogens with one attached hydrogen (secondary N) is 1. The first-order chi connectivity index (χ1) is 17.3. The highest BCUT2D eigenvalue weighted by molar-refractivity contribution is 7.10. The number of anilines is 1. The lowest BCUT2D eigenvalue weighted by atomic mass is 9.97. The first-order valence-corrected chi connectivity index (χ1v) is 14.4. The zero-order valence-electron chi connectivity index (χ0n) is 23.7. The Hall–Kier alpha value is -2.66. The summed E-state index contributed by atoms with van der Waals surface area (Å²) in [5.41, 5.74) is 10.7. The topological polar surface area (TPSA) is 42.7 Å². The predicted octanol–water partition coefficient (Wildman–Crippen LogP) is 9.46. The highest BCUT2D eigenvalue weighted by atomic mass is 32.1. The van der Waals surface area contributed by atoms with Gasteiger partial charge in [-0.1, -0.05) is 41.0 Å². The first kappa shape index (κ1) is 27.9. The molecular weight excluding hydrogens is 460 g/mol. The van der Waals surface area contributed by atoms with Crippen LogP contribution in [-0.2, 0) is 13.0 Å². The Morgan fingerprint density at radius 2 is 1.78 bits per heavy atom. The van der Waals surface area contributed by atoms with E-state index in [0.29, 0.717) is 12.0 Å². The average molecular weight is 505 g/mol. The molecule has 0 saturated carbocycles. The molecule has 0 saturated heterocycles. The molecule has 0 aromatic carbocycles. The van der Waals surface area contributed by atoms with Crippen molar-refractivity contribution < 1.29 is 0 Å². The summed E-state index contributed by atoms with van der Waals surface area (Å²) in [6, 6.07) is 9.06. The van der Waals surface area contributed by atoms with Gasteiger partial charge in [0.1, 0.15) is 0 Å². The summed E-state index contributed by atoms with van der Waals surface area (Å²) < 4.78 is 2.47. The number of nitrogens with zero attached hydrogens (tertiary/aromatic N) is 3. The second-order valence-corrected chi connectivity index (χ2v) is 11.1. The Balaban J connectivity index is 0.00000115. The van der Waals surface area contributed by atoms with Crippen molar-refractivity contribution in [3.63, 3.8) is 0 Å². The summed E-state index contributed by atoms with van der Waals surface area (Å²) in [7, 11) is 0. The number of thiophene rings is 1. The highest BCUT2D eigenvalue weighted by Gasteiger charge is 2.22. The quantitative estimate of drug-likeness (QED) is 0.260. The van der Waals surface area contributed by atoms with E-state index in [1.807, 2.05) is 12.3 Å². The van der Waals surface area contributed by atoms with Gasteiger partial charge in [0.15, 0.2) is 0 Å². The molecule has 1 N–H and O–H groups in total. The van der Waals surface area contributed by atoms with E-state index >= 15 is 0 Å². The Morgan fingerprint density at radius 1 is 1.06 bits per heavy atom. The summed E-state index contributed by atoms with van der Waals surface area (Å²) in [4.78, 5) is 11.4. The van der Waals surface area contributed by atoms with Crippen molar-refractivity contribution in [3.05, 3.63) is 63.2 Å². The van der Waals surface area contributed by atoms with Crippen LogP contribution in [0.15, 0.2) is 35.8 Å². The van der Waals surface area contributed by atoms with E-state index in [2.05, 4.69) is 95.8 Å². The van der Waals surface area contributed by atoms with Crippen molar-refractivity contribution in [1.82, 2.24) is 14.5 Å². The first-order valence-electron chi connectivity index (χ1n) is 13.5. The van der Waals surface area contributed by atoms with Crippen molar-refractivity contribution in [1.29, 1.82) is 0 Å². The third-order valence-electron chi connectivity index (χ3n) is 6.63. The Kier molecular flexibility index (Phi) is 9.72. The van der Waals surface area contributed by atoms with Gasteiger partial charge in [-0.25, -0.2) is 4.98 Å². The van der Waals surface area contributed by atoms with Gasteiger partial charge >= 0.3 is 0 Å². The molecule has 0 radical (unpaired) electrons. The average Bonchev–Trinajstić information content (AvgIpc) is 3.42. The molecule has 1 atom stereocenters. The molecule has 0 amide bonds. The van der Waals surface area contributed by atoms with Crippen LogP contribution in [0.4, 0.5) is 5.69 Å². The molecule has 4 aromatic heterocycles. The SMILES string of the molecule is CCC.CCc1c(C)c2nc(-c3cccnc3C(C)CC)cc(NCc3csc(C)c3)c2n1C(C)C. The minimum Gasteiger partial charge on any atom is -0.379 e. The maximum Gasteiger partial charge on any atom is 0.0942 e. The molecule has 5 heteroatoms. The van der Waals surface area contributed by atoms with Crippen molar-refractivity contribution in [2.45, 2.75) is 100 Å². The van der Waals surface area contributed by atoms with E-state index in [1.165, 1.54) is 33.6 Å². The second kappa shape index (κ2) is 12.5. The lowest BCUT2D eigenvalue weighted by Crippen LogP contribution is -2.08. The number of aryl methyl sites for hydroxylation is 2. The van der Waals surface area contributed by atoms with Crippen LogP contribution in [0.2, 0.25) is 0 Å². The molecule has 0 aliphatic heterocycles. The number of aromatic nitrogens is 3. The van der Waals surface area contributed by atoms with Gasteiger partial charge in [0.05, 0.1) is 28.1 Å². The maximum absolute atomic E-state index is 5.26. The molecule has 4 aromatic rings. The molecule has 4 nitrogen and oxygen atoms in total. The molecule has 0 aliphatic carbocycles. The van der Waals surface area contributed by atoms with Crippen LogP contribution in [0.25, 0.3) is 22.3 Å². The molecular formula is C31H44N4S. The Bertz CT molecular complexity index is 1280. The number of rotatable bonds is 8. The zero-order chi connectivity index (χ0) is 26.4. The largest absolute Gasteiger partial charge is 0.379 e. The van der Waals surface area contributed by atoms with Crippen molar-refractivity contribution in [2.24, 2.45) is 0 Å². The normalized spacial score (nSPS) is 12.1. The van der Waals surface area contributed by atoms with E-state index in [9.17, 15) is 0 Å². The third-order valence-corrected chi connectivity index (χ3v) is 7.54. The smallest absolute Gasteiger partial charge is 0.0942 e. The third kappa shape index (κ3) is 5.83. The zero-order valence-corrected chi connectivity index (χ0v) is 24.5. The van der Waals surface area contributed by atoms with Crippen LogP contribution in [0, 0.1) is 13.8 Å². The molecule has 4 heterocycles. The van der Waals surface area contributed by atoms with Crippen LogP contribution >= 0.6 is 11.3 Å². The van der Waals surface area contributed by atoms with Gasteiger partial charge in [-0.2, -0.15) is 0 Å². The summed E-state index contributed by atoms with van der Waals surface area (Å²) >= 11 is 1.80. The van der Waals surface area contributed by atoms with Gasteiger partial charge in [-0.05, 0) is 87.2 Å². The molecule has 0 aliphatic rings. The summed E-state index contributed by atoms with van der Waals surface area (Å²) in [6.45, 7) is 20.7. The molecule has 0 fully saturated rings. The molecule has 0 spiro atoms. The van der Waals surface area contributed by atoms with Gasteiger partial charge in [0, 0.05) is 34.9 Å². The maximum atomic E-state index is 5.26. The summed E-state index contributed by atoms with van der Waals surface area (Å²) in [5, 5.41) is 6.02. The van der Waals surface area contributed by atoms with Crippen LogP contribution < -0.4 is 5.32 Å². The highest BCUT2D eigenvalue weighted by Crippen LogP contribution is 2.38. The van der Waals surface area contributed by atoms with E-state index in [-0.39, 0.29) is 0 Å². The molecule has 36 heavy (non-hydrogen) atoms. The van der Waals surface area contributed by atoms with E-state index in [0.717, 1.165) is 47.5 Å². The fourth-order valence-corrected chi connectivity index (χ4v) is 5.49. The number of pyridine rings is 2. The van der Waals surface area contributed by atoms with Crippen molar-refractivity contribution in [2.75, 3.05) is 5.32 Å². The lowest BCUT2D eigenvalue weighted by molar-refractivity contribution is 0.596. The fourth-order valence-electron chi connectivity index (χ4n) is 4.78. The second-order valence-electron chi connectivity index (χ2n) is 10.0. The predicted molar refractivity (Wildman–Crippen MR) is 159 cm³/mol. The molecule has 1 unspecified atom stereocenters. The monoisotopic (exact) mass is 504 g/mol. The van der Waals surface area contributed by atoms with Gasteiger partial charge in [0.25, 0.3) is 0 Å². The number of fused-ring (bicyclic) bond motifs is 1. The van der Waals surface area contributed by atoms with E-state index in [4.69, 9.17) is 9.97 Å². The van der Waals surface area contributed by atoms with E-state index in [1.54, 1.807) is 11.3 Å². The van der Waals surface area contributed by atoms with Crippen molar-refractivity contribution >= 4 is 28.1 Å². The molecule has 4 rings (SSSR count). The fraction of sp³-hybridized carbons (Fsp3) is 0.484. The van der Waals surface area contributed by atoms with Crippen molar-refractivity contribution in [3.8, 4) is 11.3 Å². The van der Waals surface area contributed by atoms with Crippen LogP contribution in [-0.4, -0.2) is 14.5 Å². The van der Waals surface area contributed by atoms with Crippen LogP contribution in [0.1, 0.15) is 101 Å². The summed E-state index contributed by atoms with van der Waals surface area (Å²) in [5.74, 6) is 0.386. The Labute approximate surface area is 222 Å². The van der Waals surface area contributed by atoms with Crippen LogP contribution in [0.5, 0.6) is 0 Å². The van der Waals surface area contributed by atoms with Gasteiger partial charge in [-0.15, -0.1) is 11.3 Å². The van der Waals surface area contributed by atoms with Gasteiger partial charge in [0.2, 0.25) is 0 Å². The lowest BCUT2D eigenvalue weighted by Gasteiger charge is -2.18. The van der Waals surface area contributed by atoms with Gasteiger partial charge in [-0.3, -0.25) is 4.98 Å². The molecule has 194 valence electrons. The number of hydrogen-bond donors (Lipinski definition) is 1. The summed E-state index contributed by atoms with van der Waals surface area (Å²) in [6.07, 6.45) is 5.19. The minimum atomic E-state index is 0.363. The Morgan fingerprint density at radius 3 is 2.36 bits per heavy atom. The molecule has 0 bridgehead atoms. The number of hydrogen-bond acceptors (Lipinski definition) is 4. The minimum absolute atomic E-state index is 0.363.